The quantitative estimate of drug-likeness (QED) is 0.877. The van der Waals surface area contributed by atoms with E-state index in [-0.39, 0.29) is 5.91 Å². The number of hydrogen-bond acceptors (Lipinski definition) is 4. The number of carbonyl (C=O) groups excluding carboxylic acids is 1. The normalized spacial score (nSPS) is 19.0. The largest absolute Gasteiger partial charge is 0.350 e. The van der Waals surface area contributed by atoms with Crippen LogP contribution in [0.2, 0.25) is 0 Å². The van der Waals surface area contributed by atoms with Gasteiger partial charge in [-0.25, -0.2) is 0 Å². The van der Waals surface area contributed by atoms with E-state index in [1.54, 1.807) is 4.88 Å². The number of rotatable bonds is 5. The van der Waals surface area contributed by atoms with Crippen LogP contribution in [-0.4, -0.2) is 30.0 Å². The predicted octanol–water partition coefficient (Wildman–Crippen LogP) is 2.34. The molecule has 0 bridgehead atoms. The molecule has 1 saturated heterocycles. The van der Waals surface area contributed by atoms with Gasteiger partial charge in [0.05, 0.1) is 12.3 Å². The van der Waals surface area contributed by atoms with Gasteiger partial charge in [-0.15, -0.1) is 23.1 Å². The number of thioether (sulfide) groups is 1. The van der Waals surface area contributed by atoms with Crippen molar-refractivity contribution < 1.29 is 4.79 Å². The zero-order valence-electron chi connectivity index (χ0n) is 11.7. The van der Waals surface area contributed by atoms with Gasteiger partial charge in [0.1, 0.15) is 0 Å². The molecule has 0 unspecified atom stereocenters. The molecule has 3 rings (SSSR count). The zero-order valence-corrected chi connectivity index (χ0v) is 13.4. The van der Waals surface area contributed by atoms with E-state index in [9.17, 15) is 4.79 Å². The molecule has 0 aromatic carbocycles. The van der Waals surface area contributed by atoms with Gasteiger partial charge in [0.2, 0.25) is 5.91 Å². The van der Waals surface area contributed by atoms with Crippen molar-refractivity contribution in [2.45, 2.75) is 43.9 Å². The van der Waals surface area contributed by atoms with Gasteiger partial charge in [-0.2, -0.15) is 0 Å². The molecule has 20 heavy (non-hydrogen) atoms. The molecule has 1 fully saturated rings. The van der Waals surface area contributed by atoms with E-state index < -0.39 is 0 Å². The van der Waals surface area contributed by atoms with E-state index in [2.05, 4.69) is 16.7 Å². The Kier molecular flexibility index (Phi) is 5.02. The summed E-state index contributed by atoms with van der Waals surface area (Å²) in [6.07, 6.45) is 6.15. The fourth-order valence-corrected chi connectivity index (χ4v) is 5.13. The van der Waals surface area contributed by atoms with Crippen LogP contribution in [0.1, 0.15) is 34.6 Å². The maximum Gasteiger partial charge on any atom is 0.230 e. The second kappa shape index (κ2) is 6.96. The first kappa shape index (κ1) is 14.4. The van der Waals surface area contributed by atoms with E-state index in [0.717, 1.165) is 13.1 Å². The third kappa shape index (κ3) is 3.77. The highest BCUT2D eigenvalue weighted by Gasteiger charge is 2.16. The van der Waals surface area contributed by atoms with Gasteiger partial charge in [-0.3, -0.25) is 4.79 Å². The minimum Gasteiger partial charge on any atom is -0.350 e. The van der Waals surface area contributed by atoms with Crippen molar-refractivity contribution in [2.24, 2.45) is 0 Å². The Morgan fingerprint density at radius 1 is 1.40 bits per heavy atom. The topological polar surface area (TPSA) is 41.1 Å². The lowest BCUT2D eigenvalue weighted by Crippen LogP contribution is -2.31. The molecule has 0 spiro atoms. The zero-order chi connectivity index (χ0) is 13.8. The number of fused-ring (bicyclic) bond motifs is 1. The van der Waals surface area contributed by atoms with Crippen molar-refractivity contribution in [1.29, 1.82) is 0 Å². The Balaban J connectivity index is 1.38. The molecule has 3 nitrogen and oxygen atoms in total. The Bertz CT molecular complexity index is 445. The molecular weight excluding hydrogens is 288 g/mol. The monoisotopic (exact) mass is 310 g/mol. The third-order valence-electron chi connectivity index (χ3n) is 3.99. The number of hydrogen-bond donors (Lipinski definition) is 2. The number of nitrogens with one attached hydrogen (secondary N) is 2. The van der Waals surface area contributed by atoms with Crippen LogP contribution in [0.3, 0.4) is 0 Å². The summed E-state index contributed by atoms with van der Waals surface area (Å²) >= 11 is 3.70. The standard InChI is InChI=1S/C15H22N2OS2/c18-15(10-19-12-4-6-16-7-5-12)17-9-13-8-11-2-1-3-14(11)20-13/h8,12,16H,1-7,9-10H2,(H,17,18). The lowest BCUT2D eigenvalue weighted by atomic mass is 10.2. The summed E-state index contributed by atoms with van der Waals surface area (Å²) in [5, 5.41) is 7.08. The SMILES string of the molecule is O=C(CSC1CCNCC1)NCc1cc2c(s1)CCC2. The second-order valence-corrected chi connectivity index (χ2v) is 8.06. The summed E-state index contributed by atoms with van der Waals surface area (Å²) in [6, 6.07) is 2.28. The molecule has 1 aliphatic carbocycles. The van der Waals surface area contributed by atoms with Crippen molar-refractivity contribution in [2.75, 3.05) is 18.8 Å². The Morgan fingerprint density at radius 2 is 2.25 bits per heavy atom. The first-order chi connectivity index (χ1) is 9.81. The summed E-state index contributed by atoms with van der Waals surface area (Å²) in [7, 11) is 0. The van der Waals surface area contributed by atoms with Crippen molar-refractivity contribution in [1.82, 2.24) is 10.6 Å². The molecule has 0 saturated carbocycles. The summed E-state index contributed by atoms with van der Waals surface area (Å²) in [6.45, 7) is 2.91. The van der Waals surface area contributed by atoms with E-state index in [4.69, 9.17) is 0 Å². The fourth-order valence-electron chi connectivity index (χ4n) is 2.87. The minimum absolute atomic E-state index is 0.182. The minimum atomic E-state index is 0.182. The van der Waals surface area contributed by atoms with Crippen molar-refractivity contribution in [3.05, 3.63) is 21.4 Å². The average Bonchev–Trinajstić information content (AvgIpc) is 3.05. The van der Waals surface area contributed by atoms with Crippen LogP contribution in [-0.2, 0) is 24.2 Å². The first-order valence-electron chi connectivity index (χ1n) is 7.51. The van der Waals surface area contributed by atoms with E-state index in [1.165, 1.54) is 42.5 Å². The van der Waals surface area contributed by atoms with Crippen molar-refractivity contribution in [3.63, 3.8) is 0 Å². The molecule has 0 radical (unpaired) electrons. The Morgan fingerprint density at radius 3 is 3.05 bits per heavy atom. The number of thiophene rings is 1. The highest BCUT2D eigenvalue weighted by Crippen LogP contribution is 2.30. The highest BCUT2D eigenvalue weighted by atomic mass is 32.2. The van der Waals surface area contributed by atoms with Crippen LogP contribution in [0, 0.1) is 0 Å². The molecule has 2 aliphatic rings. The maximum absolute atomic E-state index is 11.9. The van der Waals surface area contributed by atoms with Gasteiger partial charge < -0.3 is 10.6 Å². The summed E-state index contributed by atoms with van der Waals surface area (Å²) in [5.74, 6) is 0.789. The predicted molar refractivity (Wildman–Crippen MR) is 86.5 cm³/mol. The maximum atomic E-state index is 11.9. The third-order valence-corrected chi connectivity index (χ3v) is 6.60. The molecular formula is C15H22N2OS2. The highest BCUT2D eigenvalue weighted by molar-refractivity contribution is 8.00. The van der Waals surface area contributed by atoms with Gasteiger partial charge in [0.25, 0.3) is 0 Å². The van der Waals surface area contributed by atoms with Crippen LogP contribution in [0.5, 0.6) is 0 Å². The van der Waals surface area contributed by atoms with E-state index in [1.807, 2.05) is 23.1 Å². The number of carbonyl (C=O) groups is 1. The van der Waals surface area contributed by atoms with Gasteiger partial charge in [-0.05, 0) is 56.8 Å². The average molecular weight is 310 g/mol. The lowest BCUT2D eigenvalue weighted by molar-refractivity contribution is -0.118. The molecule has 0 atom stereocenters. The Labute approximate surface area is 128 Å². The molecule has 1 aromatic rings. The van der Waals surface area contributed by atoms with Crippen molar-refractivity contribution >= 4 is 29.0 Å². The number of piperidine rings is 1. The summed E-state index contributed by atoms with van der Waals surface area (Å²) in [4.78, 5) is 14.7. The van der Waals surface area contributed by atoms with Gasteiger partial charge >= 0.3 is 0 Å². The van der Waals surface area contributed by atoms with Gasteiger partial charge in [-0.1, -0.05) is 0 Å². The van der Waals surface area contributed by atoms with Crippen LogP contribution < -0.4 is 10.6 Å². The summed E-state index contributed by atoms with van der Waals surface area (Å²) in [5.41, 5.74) is 1.52. The molecule has 1 amide bonds. The smallest absolute Gasteiger partial charge is 0.230 e. The van der Waals surface area contributed by atoms with E-state index >= 15 is 0 Å². The fraction of sp³-hybridized carbons (Fsp3) is 0.667. The molecule has 110 valence electrons. The van der Waals surface area contributed by atoms with Gasteiger partial charge in [0.15, 0.2) is 0 Å². The van der Waals surface area contributed by atoms with Crippen LogP contribution in [0.25, 0.3) is 0 Å². The molecule has 1 aromatic heterocycles. The van der Waals surface area contributed by atoms with Crippen LogP contribution >= 0.6 is 23.1 Å². The molecule has 5 heteroatoms. The lowest BCUT2D eigenvalue weighted by Gasteiger charge is -2.21. The van der Waals surface area contributed by atoms with Crippen molar-refractivity contribution in [3.8, 4) is 0 Å². The first-order valence-corrected chi connectivity index (χ1v) is 9.37. The number of amides is 1. The molecule has 2 N–H and O–H groups in total. The van der Waals surface area contributed by atoms with Gasteiger partial charge in [0, 0.05) is 15.0 Å². The van der Waals surface area contributed by atoms with Crippen LogP contribution in [0.4, 0.5) is 0 Å². The molecule has 1 aliphatic heterocycles. The number of aryl methyl sites for hydroxylation is 2. The summed E-state index contributed by atoms with van der Waals surface area (Å²) < 4.78 is 0. The Hall–Kier alpha value is -0.520. The van der Waals surface area contributed by atoms with E-state index in [0.29, 0.717) is 17.5 Å². The van der Waals surface area contributed by atoms with Crippen LogP contribution in [0.15, 0.2) is 6.07 Å². The molecule has 2 heterocycles. The second-order valence-electron chi connectivity index (χ2n) is 5.55.